The Hall–Kier alpha value is -1.12. The van der Waals surface area contributed by atoms with Crippen LogP contribution in [0.5, 0.6) is 0 Å². The Morgan fingerprint density at radius 3 is 2.64 bits per heavy atom. The van der Waals surface area contributed by atoms with Crippen LogP contribution in [0.15, 0.2) is 12.4 Å². The molecular formula is C11H18N2O. The van der Waals surface area contributed by atoms with Gasteiger partial charge in [0.25, 0.3) is 0 Å². The largest absolute Gasteiger partial charge is 0.293 e. The standard InChI is InChI=1S/C11H18N2O/c1-5-6-13-8-9(7-12-13)10(14)11(2,3)4/h7-8H,5-6H2,1-4H3. The third-order valence-corrected chi connectivity index (χ3v) is 2.03. The number of carbonyl (C=O) groups is 1. The Balaban J connectivity index is 2.82. The van der Waals surface area contributed by atoms with Crippen molar-refractivity contribution in [2.45, 2.75) is 40.7 Å². The van der Waals surface area contributed by atoms with Crippen LogP contribution in [0.4, 0.5) is 0 Å². The summed E-state index contributed by atoms with van der Waals surface area (Å²) in [6.07, 6.45) is 4.52. The summed E-state index contributed by atoms with van der Waals surface area (Å²) in [5.41, 5.74) is 0.394. The second-order valence-electron chi connectivity index (χ2n) is 4.57. The van der Waals surface area contributed by atoms with Crippen molar-refractivity contribution in [3.8, 4) is 0 Å². The fraction of sp³-hybridized carbons (Fsp3) is 0.636. The van der Waals surface area contributed by atoms with E-state index in [-0.39, 0.29) is 11.2 Å². The number of aryl methyl sites for hydroxylation is 1. The molecule has 1 aromatic rings. The number of hydrogen-bond acceptors (Lipinski definition) is 2. The number of carbonyl (C=O) groups excluding carboxylic acids is 1. The van der Waals surface area contributed by atoms with E-state index in [1.54, 1.807) is 6.20 Å². The van der Waals surface area contributed by atoms with E-state index in [1.165, 1.54) is 0 Å². The highest BCUT2D eigenvalue weighted by atomic mass is 16.1. The van der Waals surface area contributed by atoms with Gasteiger partial charge in [-0.25, -0.2) is 0 Å². The van der Waals surface area contributed by atoms with Crippen molar-refractivity contribution in [3.05, 3.63) is 18.0 Å². The van der Waals surface area contributed by atoms with Crippen molar-refractivity contribution in [1.29, 1.82) is 0 Å². The van der Waals surface area contributed by atoms with Gasteiger partial charge in [0.15, 0.2) is 5.78 Å². The zero-order valence-electron chi connectivity index (χ0n) is 9.37. The zero-order valence-corrected chi connectivity index (χ0v) is 9.37. The number of rotatable bonds is 3. The van der Waals surface area contributed by atoms with Gasteiger partial charge in [-0.3, -0.25) is 9.48 Å². The van der Waals surface area contributed by atoms with Gasteiger partial charge in [-0.05, 0) is 6.42 Å². The Morgan fingerprint density at radius 1 is 1.50 bits per heavy atom. The van der Waals surface area contributed by atoms with Gasteiger partial charge in [-0.1, -0.05) is 27.7 Å². The molecule has 0 fully saturated rings. The van der Waals surface area contributed by atoms with E-state index in [9.17, 15) is 4.79 Å². The van der Waals surface area contributed by atoms with E-state index < -0.39 is 0 Å². The minimum atomic E-state index is -0.319. The molecule has 78 valence electrons. The van der Waals surface area contributed by atoms with Crippen molar-refractivity contribution in [1.82, 2.24) is 9.78 Å². The third-order valence-electron chi connectivity index (χ3n) is 2.03. The Kier molecular flexibility index (Phi) is 3.09. The molecule has 0 bridgehead atoms. The molecule has 1 heterocycles. The highest BCUT2D eigenvalue weighted by Gasteiger charge is 2.23. The summed E-state index contributed by atoms with van der Waals surface area (Å²) in [6, 6.07) is 0. The number of Topliss-reactive ketones (excluding diaryl/α,β-unsaturated/α-hetero) is 1. The number of hydrogen-bond donors (Lipinski definition) is 0. The topological polar surface area (TPSA) is 34.9 Å². The van der Waals surface area contributed by atoms with Crippen molar-refractivity contribution in [2.24, 2.45) is 5.41 Å². The molecule has 1 rings (SSSR count). The van der Waals surface area contributed by atoms with Crippen LogP contribution in [0, 0.1) is 5.41 Å². The number of ketones is 1. The molecule has 0 atom stereocenters. The molecule has 0 aromatic carbocycles. The fourth-order valence-electron chi connectivity index (χ4n) is 1.27. The molecule has 0 radical (unpaired) electrons. The molecule has 0 saturated carbocycles. The van der Waals surface area contributed by atoms with Crippen molar-refractivity contribution < 1.29 is 4.79 Å². The van der Waals surface area contributed by atoms with E-state index in [2.05, 4.69) is 12.0 Å². The van der Waals surface area contributed by atoms with Crippen LogP contribution in [-0.2, 0) is 6.54 Å². The Morgan fingerprint density at radius 2 is 2.14 bits per heavy atom. The summed E-state index contributed by atoms with van der Waals surface area (Å²) in [7, 11) is 0. The molecule has 0 N–H and O–H groups in total. The molecule has 0 spiro atoms. The lowest BCUT2D eigenvalue weighted by Gasteiger charge is -2.14. The van der Waals surface area contributed by atoms with E-state index in [0.717, 1.165) is 13.0 Å². The molecular weight excluding hydrogens is 176 g/mol. The van der Waals surface area contributed by atoms with Gasteiger partial charge in [0.2, 0.25) is 0 Å². The minimum Gasteiger partial charge on any atom is -0.293 e. The van der Waals surface area contributed by atoms with Gasteiger partial charge < -0.3 is 0 Å². The lowest BCUT2D eigenvalue weighted by Crippen LogP contribution is -2.19. The highest BCUT2D eigenvalue weighted by molar-refractivity contribution is 5.99. The van der Waals surface area contributed by atoms with Crippen LogP contribution in [0.1, 0.15) is 44.5 Å². The van der Waals surface area contributed by atoms with Crippen molar-refractivity contribution >= 4 is 5.78 Å². The maximum atomic E-state index is 11.8. The normalized spacial score (nSPS) is 11.7. The lowest BCUT2D eigenvalue weighted by atomic mass is 9.88. The first-order valence-corrected chi connectivity index (χ1v) is 5.02. The molecule has 0 aliphatic heterocycles. The molecule has 0 unspecified atom stereocenters. The van der Waals surface area contributed by atoms with Crippen LogP contribution in [0.25, 0.3) is 0 Å². The van der Waals surface area contributed by atoms with E-state index in [1.807, 2.05) is 31.6 Å². The molecule has 0 aliphatic rings. The first kappa shape index (κ1) is 11.0. The maximum Gasteiger partial charge on any atom is 0.171 e. The van der Waals surface area contributed by atoms with Crippen LogP contribution in [0.3, 0.4) is 0 Å². The first-order chi connectivity index (χ1) is 6.45. The molecule has 1 aromatic heterocycles. The van der Waals surface area contributed by atoms with Crippen LogP contribution in [0.2, 0.25) is 0 Å². The van der Waals surface area contributed by atoms with Gasteiger partial charge in [0.05, 0.1) is 11.8 Å². The molecule has 0 amide bonds. The predicted molar refractivity (Wildman–Crippen MR) is 56.3 cm³/mol. The quantitative estimate of drug-likeness (QED) is 0.693. The number of nitrogens with zero attached hydrogens (tertiary/aromatic N) is 2. The van der Waals surface area contributed by atoms with Gasteiger partial charge in [0, 0.05) is 18.2 Å². The molecule has 0 aliphatic carbocycles. The summed E-state index contributed by atoms with van der Waals surface area (Å²) in [5, 5.41) is 4.14. The second-order valence-corrected chi connectivity index (χ2v) is 4.57. The minimum absolute atomic E-state index is 0.153. The first-order valence-electron chi connectivity index (χ1n) is 5.02. The summed E-state index contributed by atoms with van der Waals surface area (Å²) in [5.74, 6) is 0.153. The Labute approximate surface area is 85.1 Å². The second kappa shape index (κ2) is 3.95. The van der Waals surface area contributed by atoms with Crippen LogP contribution in [-0.4, -0.2) is 15.6 Å². The van der Waals surface area contributed by atoms with E-state index in [4.69, 9.17) is 0 Å². The average molecular weight is 194 g/mol. The third kappa shape index (κ3) is 2.44. The van der Waals surface area contributed by atoms with Crippen molar-refractivity contribution in [3.63, 3.8) is 0 Å². The van der Waals surface area contributed by atoms with Gasteiger partial charge in [-0.2, -0.15) is 5.10 Å². The lowest BCUT2D eigenvalue weighted by molar-refractivity contribution is 0.0858. The summed E-state index contributed by atoms with van der Waals surface area (Å²) in [4.78, 5) is 11.8. The van der Waals surface area contributed by atoms with Gasteiger partial charge in [-0.15, -0.1) is 0 Å². The van der Waals surface area contributed by atoms with Gasteiger partial charge >= 0.3 is 0 Å². The zero-order chi connectivity index (χ0) is 10.8. The van der Waals surface area contributed by atoms with Crippen LogP contribution >= 0.6 is 0 Å². The number of aromatic nitrogens is 2. The molecule has 0 saturated heterocycles. The fourth-order valence-corrected chi connectivity index (χ4v) is 1.27. The smallest absolute Gasteiger partial charge is 0.171 e. The SMILES string of the molecule is CCCn1cc(C(=O)C(C)(C)C)cn1. The molecule has 14 heavy (non-hydrogen) atoms. The Bertz CT molecular complexity index is 320. The summed E-state index contributed by atoms with van der Waals surface area (Å²) < 4.78 is 1.82. The van der Waals surface area contributed by atoms with E-state index in [0.29, 0.717) is 5.56 Å². The maximum absolute atomic E-state index is 11.8. The molecule has 3 heteroatoms. The highest BCUT2D eigenvalue weighted by Crippen LogP contribution is 2.20. The van der Waals surface area contributed by atoms with Gasteiger partial charge in [0.1, 0.15) is 0 Å². The summed E-state index contributed by atoms with van der Waals surface area (Å²) >= 11 is 0. The monoisotopic (exact) mass is 194 g/mol. The molecule has 3 nitrogen and oxygen atoms in total. The van der Waals surface area contributed by atoms with Crippen molar-refractivity contribution in [2.75, 3.05) is 0 Å². The van der Waals surface area contributed by atoms with E-state index >= 15 is 0 Å². The predicted octanol–water partition coefficient (Wildman–Crippen LogP) is 2.52. The van der Waals surface area contributed by atoms with Crippen LogP contribution < -0.4 is 0 Å². The average Bonchev–Trinajstić information content (AvgIpc) is 2.50. The summed E-state index contributed by atoms with van der Waals surface area (Å²) in [6.45, 7) is 8.73.